The van der Waals surface area contributed by atoms with Crippen LogP contribution in [0, 0.1) is 0 Å². The number of carbonyl (C=O) groups excluding carboxylic acids is 1. The van der Waals surface area contributed by atoms with E-state index in [1.807, 2.05) is 18.3 Å². The van der Waals surface area contributed by atoms with Gasteiger partial charge in [0.15, 0.2) is 0 Å². The molecule has 3 aromatic rings. The van der Waals surface area contributed by atoms with Crippen molar-refractivity contribution in [3.63, 3.8) is 0 Å². The molecule has 1 aromatic heterocycles. The Morgan fingerprint density at radius 2 is 1.55 bits per heavy atom. The predicted octanol–water partition coefficient (Wildman–Crippen LogP) is 5.98. The van der Waals surface area contributed by atoms with Crippen LogP contribution in [-0.4, -0.2) is 51.7 Å². The third-order valence-electron chi connectivity index (χ3n) is 9.09. The lowest BCUT2D eigenvalue weighted by atomic mass is 9.89. The molecule has 0 bridgehead atoms. The highest BCUT2D eigenvalue weighted by Crippen LogP contribution is 2.38. The molecule has 6 nitrogen and oxygen atoms in total. The summed E-state index contributed by atoms with van der Waals surface area (Å²) in [5.74, 6) is 0.993. The molecule has 0 spiro atoms. The van der Waals surface area contributed by atoms with Crippen molar-refractivity contribution in [2.45, 2.75) is 75.8 Å². The Kier molecular flexibility index (Phi) is 7.50. The van der Waals surface area contributed by atoms with Crippen molar-refractivity contribution in [1.29, 1.82) is 0 Å². The van der Waals surface area contributed by atoms with Gasteiger partial charge in [0.1, 0.15) is 0 Å². The van der Waals surface area contributed by atoms with Gasteiger partial charge in [0.05, 0.1) is 23.5 Å². The molecule has 2 aliphatic heterocycles. The smallest absolute Gasteiger partial charge is 0.257 e. The van der Waals surface area contributed by atoms with Gasteiger partial charge in [0.25, 0.3) is 5.91 Å². The van der Waals surface area contributed by atoms with E-state index in [4.69, 9.17) is 10.8 Å². The summed E-state index contributed by atoms with van der Waals surface area (Å²) >= 11 is 0. The van der Waals surface area contributed by atoms with Crippen molar-refractivity contribution in [2.75, 3.05) is 31.9 Å². The van der Waals surface area contributed by atoms with Gasteiger partial charge in [-0.15, -0.1) is 0 Å². The zero-order valence-corrected chi connectivity index (χ0v) is 22.5. The molecule has 0 radical (unpaired) electrons. The second-order valence-corrected chi connectivity index (χ2v) is 11.6. The van der Waals surface area contributed by atoms with Crippen LogP contribution in [0.15, 0.2) is 60.8 Å². The van der Waals surface area contributed by atoms with Crippen LogP contribution >= 0.6 is 0 Å². The number of likely N-dealkylation sites (tertiary alicyclic amines) is 2. The molecule has 2 saturated heterocycles. The molecule has 200 valence electrons. The molecule has 1 amide bonds. The summed E-state index contributed by atoms with van der Waals surface area (Å²) in [6, 6.07) is 19.3. The Hall–Kier alpha value is -3.12. The average Bonchev–Trinajstić information content (AvgIpc) is 3.64. The molecule has 0 unspecified atom stereocenters. The molecule has 1 saturated carbocycles. The van der Waals surface area contributed by atoms with Crippen LogP contribution in [0.3, 0.4) is 0 Å². The molecular weight excluding hydrogens is 470 g/mol. The van der Waals surface area contributed by atoms with E-state index in [0.29, 0.717) is 17.9 Å². The topological polar surface area (TPSA) is 67.4 Å². The zero-order chi connectivity index (χ0) is 25.9. The largest absolute Gasteiger partial charge is 0.399 e. The highest BCUT2D eigenvalue weighted by molar-refractivity contribution is 5.95. The van der Waals surface area contributed by atoms with Gasteiger partial charge in [-0.2, -0.15) is 5.10 Å². The summed E-state index contributed by atoms with van der Waals surface area (Å²) in [6.45, 7) is 4.66. The lowest BCUT2D eigenvalue weighted by Crippen LogP contribution is -2.35. The molecule has 1 aliphatic carbocycles. The monoisotopic (exact) mass is 511 g/mol. The van der Waals surface area contributed by atoms with Crippen molar-refractivity contribution in [3.05, 3.63) is 83.2 Å². The number of carbonyl (C=O) groups is 1. The third-order valence-corrected chi connectivity index (χ3v) is 9.09. The van der Waals surface area contributed by atoms with Crippen LogP contribution in [-0.2, 0) is 6.54 Å². The zero-order valence-electron chi connectivity index (χ0n) is 22.5. The first kappa shape index (κ1) is 25.2. The van der Waals surface area contributed by atoms with Gasteiger partial charge in [-0.05, 0) is 68.5 Å². The van der Waals surface area contributed by atoms with Gasteiger partial charge in [-0.1, -0.05) is 61.7 Å². The van der Waals surface area contributed by atoms with E-state index in [-0.39, 0.29) is 5.91 Å². The number of benzene rings is 2. The van der Waals surface area contributed by atoms with Crippen molar-refractivity contribution >= 4 is 11.6 Å². The first-order valence-electron chi connectivity index (χ1n) is 14.6. The van der Waals surface area contributed by atoms with E-state index in [2.05, 4.69) is 56.9 Å². The number of nitrogens with two attached hydrogens (primary N) is 1. The number of hydrogen-bond donors (Lipinski definition) is 1. The van der Waals surface area contributed by atoms with Crippen LogP contribution in [0.25, 0.3) is 0 Å². The molecule has 6 heteroatoms. The number of hydrogen-bond acceptors (Lipinski definition) is 4. The number of rotatable bonds is 6. The highest BCUT2D eigenvalue weighted by Gasteiger charge is 2.35. The first-order chi connectivity index (χ1) is 18.7. The van der Waals surface area contributed by atoms with E-state index in [1.165, 1.54) is 48.9 Å². The fourth-order valence-corrected chi connectivity index (χ4v) is 6.92. The van der Waals surface area contributed by atoms with Gasteiger partial charge >= 0.3 is 0 Å². The van der Waals surface area contributed by atoms with Crippen LogP contribution in [0.4, 0.5) is 5.69 Å². The van der Waals surface area contributed by atoms with Crippen molar-refractivity contribution in [1.82, 2.24) is 19.6 Å². The van der Waals surface area contributed by atoms with Crippen molar-refractivity contribution in [2.24, 2.45) is 0 Å². The summed E-state index contributed by atoms with van der Waals surface area (Å²) in [4.78, 5) is 18.6. The van der Waals surface area contributed by atoms with Gasteiger partial charge in [-0.25, -0.2) is 0 Å². The minimum absolute atomic E-state index is 0.185. The number of nitrogens with zero attached hydrogens (tertiary/aromatic N) is 4. The second kappa shape index (κ2) is 11.3. The number of nitrogen functional groups attached to an aromatic ring is 1. The second-order valence-electron chi connectivity index (χ2n) is 11.6. The highest BCUT2D eigenvalue weighted by atomic mass is 16.2. The lowest BCUT2D eigenvalue weighted by molar-refractivity contribution is 0.0787. The lowest BCUT2D eigenvalue weighted by Gasteiger charge is -2.34. The minimum Gasteiger partial charge on any atom is -0.399 e. The number of piperidine rings is 1. The van der Waals surface area contributed by atoms with E-state index < -0.39 is 0 Å². The molecule has 2 N–H and O–H groups in total. The quantitative estimate of drug-likeness (QED) is 0.414. The Labute approximate surface area is 226 Å². The van der Waals surface area contributed by atoms with Crippen LogP contribution in [0.1, 0.15) is 96.4 Å². The molecule has 6 rings (SSSR count). The fraction of sp³-hybridized carbons (Fsp3) is 0.500. The van der Waals surface area contributed by atoms with Crippen LogP contribution < -0.4 is 5.73 Å². The molecule has 2 aromatic carbocycles. The number of amides is 1. The van der Waals surface area contributed by atoms with E-state index in [0.717, 1.165) is 63.2 Å². The number of aromatic nitrogens is 2. The third kappa shape index (κ3) is 5.37. The van der Waals surface area contributed by atoms with Crippen molar-refractivity contribution < 1.29 is 4.79 Å². The Morgan fingerprint density at radius 3 is 2.29 bits per heavy atom. The van der Waals surface area contributed by atoms with E-state index >= 15 is 0 Å². The maximum Gasteiger partial charge on any atom is 0.257 e. The summed E-state index contributed by atoms with van der Waals surface area (Å²) < 4.78 is 2.29. The summed E-state index contributed by atoms with van der Waals surface area (Å²) in [5.41, 5.74) is 11.4. The van der Waals surface area contributed by atoms with Crippen LogP contribution in [0.2, 0.25) is 0 Å². The van der Waals surface area contributed by atoms with Gasteiger partial charge in [-0.3, -0.25) is 14.4 Å². The maximum absolute atomic E-state index is 14.0. The Morgan fingerprint density at radius 1 is 0.842 bits per heavy atom. The molecule has 3 heterocycles. The summed E-state index contributed by atoms with van der Waals surface area (Å²) in [5, 5.41) is 4.92. The minimum atomic E-state index is 0.185. The van der Waals surface area contributed by atoms with E-state index in [1.54, 1.807) is 0 Å². The van der Waals surface area contributed by atoms with Crippen molar-refractivity contribution in [3.8, 4) is 0 Å². The fourth-order valence-electron chi connectivity index (χ4n) is 6.92. The summed E-state index contributed by atoms with van der Waals surface area (Å²) in [7, 11) is 0. The normalized spacial score (nSPS) is 21.7. The first-order valence-corrected chi connectivity index (χ1v) is 14.6. The SMILES string of the molecule is Nc1ccc(CN2CCC(c3c(C(=O)N4CC[C@H](c5ccccc5)C4)cnn3C3CCCCC3)CC2)cc1. The predicted molar refractivity (Wildman–Crippen MR) is 152 cm³/mol. The molecule has 3 aliphatic rings. The molecule has 1 atom stereocenters. The molecular formula is C32H41N5O. The summed E-state index contributed by atoms with van der Waals surface area (Å²) in [6.07, 6.45) is 11.3. The maximum atomic E-state index is 14.0. The average molecular weight is 512 g/mol. The molecule has 38 heavy (non-hydrogen) atoms. The standard InChI is InChI=1S/C32H41N5O/c33-28-13-11-24(12-14-28)22-35-18-15-26(16-19-35)31-30(21-34-37(31)29-9-5-2-6-10-29)32(38)36-20-17-27(23-36)25-7-3-1-4-8-25/h1,3-4,7-8,11-14,21,26-27,29H,2,5-6,9-10,15-20,22-23,33H2/t27-/m0/s1. The van der Waals surface area contributed by atoms with E-state index in [9.17, 15) is 4.79 Å². The van der Waals surface area contributed by atoms with Crippen LogP contribution in [0.5, 0.6) is 0 Å². The Balaban J connectivity index is 1.19. The molecule has 3 fully saturated rings. The number of anilines is 1. The van der Waals surface area contributed by atoms with Gasteiger partial charge in [0, 0.05) is 37.2 Å². The van der Waals surface area contributed by atoms with Gasteiger partial charge in [0.2, 0.25) is 0 Å². The van der Waals surface area contributed by atoms with Gasteiger partial charge < -0.3 is 10.6 Å². The Bertz CT molecular complexity index is 1210.